The van der Waals surface area contributed by atoms with Crippen LogP contribution in [0.5, 0.6) is 11.5 Å². The highest BCUT2D eigenvalue weighted by Gasteiger charge is 2.17. The van der Waals surface area contributed by atoms with Gasteiger partial charge in [0, 0.05) is 55.8 Å². The van der Waals surface area contributed by atoms with E-state index >= 15 is 0 Å². The topological polar surface area (TPSA) is 44.9 Å². The SMILES string of the molecule is Cn1c(-c2cccc(Oc3cccc(-n4c5cc6sc7ccccc7c6cc5c5cccnc54)c3)c2)nc2ccccc21. The van der Waals surface area contributed by atoms with Crippen LogP contribution in [0.15, 0.2) is 128 Å². The maximum Gasteiger partial charge on any atom is 0.145 e. The average molecular weight is 573 g/mol. The summed E-state index contributed by atoms with van der Waals surface area (Å²) in [5.74, 6) is 2.42. The highest BCUT2D eigenvalue weighted by Crippen LogP contribution is 2.40. The Morgan fingerprint density at radius 3 is 2.37 bits per heavy atom. The molecule has 0 fully saturated rings. The van der Waals surface area contributed by atoms with E-state index < -0.39 is 0 Å². The minimum atomic E-state index is 0.758. The molecule has 0 spiro atoms. The van der Waals surface area contributed by atoms with E-state index in [1.807, 2.05) is 79.2 Å². The summed E-state index contributed by atoms with van der Waals surface area (Å²) >= 11 is 1.83. The molecule has 9 rings (SSSR count). The number of ether oxygens (including phenoxy) is 1. The van der Waals surface area contributed by atoms with Gasteiger partial charge in [0.1, 0.15) is 23.0 Å². The highest BCUT2D eigenvalue weighted by molar-refractivity contribution is 7.25. The van der Waals surface area contributed by atoms with Crippen molar-refractivity contribution in [3.8, 4) is 28.6 Å². The van der Waals surface area contributed by atoms with E-state index in [2.05, 4.69) is 75.9 Å². The van der Waals surface area contributed by atoms with Gasteiger partial charge in [0.15, 0.2) is 0 Å². The first kappa shape index (κ1) is 24.2. The molecule has 0 saturated carbocycles. The number of imidazole rings is 1. The van der Waals surface area contributed by atoms with Gasteiger partial charge >= 0.3 is 0 Å². The monoisotopic (exact) mass is 572 g/mol. The molecule has 5 aromatic carbocycles. The Balaban J connectivity index is 1.15. The van der Waals surface area contributed by atoms with Gasteiger partial charge in [-0.2, -0.15) is 0 Å². The summed E-state index contributed by atoms with van der Waals surface area (Å²) in [5.41, 5.74) is 6.15. The first-order chi connectivity index (χ1) is 21.2. The van der Waals surface area contributed by atoms with Gasteiger partial charge in [0.2, 0.25) is 0 Å². The van der Waals surface area contributed by atoms with Crippen LogP contribution in [0.4, 0.5) is 0 Å². The van der Waals surface area contributed by atoms with Crippen LogP contribution in [-0.4, -0.2) is 19.1 Å². The number of rotatable bonds is 4. The number of pyridine rings is 1. The Bertz CT molecular complexity index is 2520. The second kappa shape index (κ2) is 9.28. The summed E-state index contributed by atoms with van der Waals surface area (Å²) in [6, 6.07) is 42.0. The van der Waals surface area contributed by atoms with Crippen LogP contribution in [0, 0.1) is 0 Å². The van der Waals surface area contributed by atoms with Gasteiger partial charge in [0.25, 0.3) is 0 Å². The van der Waals surface area contributed by atoms with Crippen LogP contribution in [0.1, 0.15) is 0 Å². The second-order valence-corrected chi connectivity index (χ2v) is 11.9. The van der Waals surface area contributed by atoms with Gasteiger partial charge < -0.3 is 9.30 Å². The first-order valence-electron chi connectivity index (χ1n) is 14.2. The van der Waals surface area contributed by atoms with E-state index in [9.17, 15) is 0 Å². The number of aryl methyl sites for hydroxylation is 1. The zero-order valence-corrected chi connectivity index (χ0v) is 24.0. The summed E-state index contributed by atoms with van der Waals surface area (Å²) in [5, 5.41) is 4.91. The van der Waals surface area contributed by atoms with E-state index in [0.29, 0.717) is 0 Å². The van der Waals surface area contributed by atoms with Crippen molar-refractivity contribution < 1.29 is 4.74 Å². The molecule has 0 bridgehead atoms. The van der Waals surface area contributed by atoms with Crippen molar-refractivity contribution in [3.63, 3.8) is 0 Å². The van der Waals surface area contributed by atoms with E-state index in [-0.39, 0.29) is 0 Å². The van der Waals surface area contributed by atoms with Crippen LogP contribution < -0.4 is 4.74 Å². The molecule has 0 radical (unpaired) electrons. The number of thiophene rings is 1. The molecule has 0 aliphatic carbocycles. The Kier molecular flexibility index (Phi) is 5.21. The number of para-hydroxylation sites is 2. The van der Waals surface area contributed by atoms with Gasteiger partial charge in [-0.1, -0.05) is 48.5 Å². The molecule has 0 saturated heterocycles. The van der Waals surface area contributed by atoms with Crippen LogP contribution in [0.3, 0.4) is 0 Å². The summed E-state index contributed by atoms with van der Waals surface area (Å²) in [6.45, 7) is 0. The predicted octanol–water partition coefficient (Wildman–Crippen LogP) is 9.89. The summed E-state index contributed by atoms with van der Waals surface area (Å²) in [6.07, 6.45) is 1.86. The molecule has 5 nitrogen and oxygen atoms in total. The van der Waals surface area contributed by atoms with Crippen molar-refractivity contribution in [1.82, 2.24) is 19.1 Å². The Hall–Kier alpha value is -5.46. The Morgan fingerprint density at radius 1 is 0.628 bits per heavy atom. The minimum Gasteiger partial charge on any atom is -0.457 e. The molecule has 43 heavy (non-hydrogen) atoms. The molecule has 4 aromatic heterocycles. The lowest BCUT2D eigenvalue weighted by molar-refractivity contribution is 0.482. The number of fused-ring (bicyclic) bond motifs is 7. The van der Waals surface area contributed by atoms with Crippen LogP contribution in [-0.2, 0) is 7.05 Å². The number of benzene rings is 5. The molecule has 6 heteroatoms. The van der Waals surface area contributed by atoms with Crippen LogP contribution in [0.25, 0.3) is 70.2 Å². The van der Waals surface area contributed by atoms with Crippen molar-refractivity contribution in [1.29, 1.82) is 0 Å². The molecular formula is C37H24N4OS. The zero-order chi connectivity index (χ0) is 28.5. The lowest BCUT2D eigenvalue weighted by atomic mass is 10.1. The van der Waals surface area contributed by atoms with Crippen molar-refractivity contribution in [2.75, 3.05) is 0 Å². The van der Waals surface area contributed by atoms with E-state index in [1.54, 1.807) is 0 Å². The summed E-state index contributed by atoms with van der Waals surface area (Å²) in [4.78, 5) is 9.70. The maximum atomic E-state index is 6.46. The molecular weight excluding hydrogens is 549 g/mol. The fourth-order valence-corrected chi connectivity index (χ4v) is 7.37. The first-order valence-corrected chi connectivity index (χ1v) is 15.0. The molecule has 204 valence electrons. The number of nitrogens with zero attached hydrogens (tertiary/aromatic N) is 4. The minimum absolute atomic E-state index is 0.758. The largest absolute Gasteiger partial charge is 0.457 e. The van der Waals surface area contributed by atoms with Crippen molar-refractivity contribution in [2.24, 2.45) is 7.05 Å². The third kappa shape index (κ3) is 3.77. The molecule has 0 aliphatic heterocycles. The molecule has 0 atom stereocenters. The zero-order valence-electron chi connectivity index (χ0n) is 23.2. The van der Waals surface area contributed by atoms with Gasteiger partial charge in [-0.05, 0) is 66.7 Å². The second-order valence-electron chi connectivity index (χ2n) is 10.8. The maximum absolute atomic E-state index is 6.46. The van der Waals surface area contributed by atoms with E-state index in [1.165, 1.54) is 25.6 Å². The highest BCUT2D eigenvalue weighted by atomic mass is 32.1. The lowest BCUT2D eigenvalue weighted by Gasteiger charge is -2.11. The lowest BCUT2D eigenvalue weighted by Crippen LogP contribution is -1.96. The third-order valence-corrected chi connectivity index (χ3v) is 9.35. The van der Waals surface area contributed by atoms with Crippen LogP contribution in [0.2, 0.25) is 0 Å². The number of hydrogen-bond donors (Lipinski definition) is 0. The number of hydrogen-bond acceptors (Lipinski definition) is 4. The summed E-state index contributed by atoms with van der Waals surface area (Å²) < 4.78 is 13.4. The molecule has 0 N–H and O–H groups in total. The fourth-order valence-electron chi connectivity index (χ4n) is 6.25. The smallest absolute Gasteiger partial charge is 0.145 e. The third-order valence-electron chi connectivity index (χ3n) is 8.22. The molecule has 0 amide bonds. The van der Waals surface area contributed by atoms with E-state index in [4.69, 9.17) is 14.7 Å². The van der Waals surface area contributed by atoms with Gasteiger partial charge in [-0.25, -0.2) is 9.97 Å². The average Bonchev–Trinajstić information content (AvgIpc) is 3.69. The fraction of sp³-hybridized carbons (Fsp3) is 0.0270. The Labute approximate surface area is 250 Å². The number of aromatic nitrogens is 4. The van der Waals surface area contributed by atoms with Gasteiger partial charge in [0.05, 0.1) is 22.2 Å². The van der Waals surface area contributed by atoms with Gasteiger partial charge in [-0.3, -0.25) is 4.57 Å². The van der Waals surface area contributed by atoms with E-state index in [0.717, 1.165) is 56.2 Å². The summed E-state index contributed by atoms with van der Waals surface area (Å²) in [7, 11) is 2.05. The normalized spacial score (nSPS) is 11.8. The van der Waals surface area contributed by atoms with Gasteiger partial charge in [-0.15, -0.1) is 11.3 Å². The standard InChI is InChI=1S/C37H24N4OS/c1-40-32-16-4-3-15-31(32)39-36(40)23-9-6-11-25(19-23)42-26-12-7-10-24(20-26)41-33-22-35-30(27-13-2-5-17-34(27)43-35)21-29(33)28-14-8-18-38-37(28)41/h2-22H,1H3. The Morgan fingerprint density at radius 2 is 1.44 bits per heavy atom. The molecule has 0 aliphatic rings. The van der Waals surface area contributed by atoms with Crippen LogP contribution >= 0.6 is 11.3 Å². The molecule has 4 heterocycles. The molecule has 9 aromatic rings. The van der Waals surface area contributed by atoms with Crippen molar-refractivity contribution in [3.05, 3.63) is 128 Å². The molecule has 0 unspecified atom stereocenters. The van der Waals surface area contributed by atoms with Crippen molar-refractivity contribution in [2.45, 2.75) is 0 Å². The quantitative estimate of drug-likeness (QED) is 0.211. The predicted molar refractivity (Wildman–Crippen MR) is 178 cm³/mol. The van der Waals surface area contributed by atoms with Crippen molar-refractivity contribution >= 4 is 64.5 Å².